The van der Waals surface area contributed by atoms with E-state index >= 15 is 0 Å². The molecule has 0 saturated carbocycles. The van der Waals surface area contributed by atoms with E-state index in [9.17, 15) is 4.79 Å². The fourth-order valence-electron chi connectivity index (χ4n) is 5.56. The van der Waals surface area contributed by atoms with Crippen molar-refractivity contribution in [1.29, 1.82) is 0 Å². The molecule has 0 radical (unpaired) electrons. The van der Waals surface area contributed by atoms with E-state index < -0.39 is 0 Å². The zero-order chi connectivity index (χ0) is 25.4. The third-order valence-electron chi connectivity index (χ3n) is 7.40. The van der Waals surface area contributed by atoms with Crippen molar-refractivity contribution >= 4 is 17.2 Å². The number of imidazole rings is 1. The molecule has 2 aromatic heterocycles. The van der Waals surface area contributed by atoms with E-state index in [1.165, 1.54) is 11.1 Å². The molecule has 6 rings (SSSR count). The number of methoxy groups -OCH3 is 1. The Labute approximate surface area is 217 Å². The van der Waals surface area contributed by atoms with Crippen LogP contribution in [0.5, 0.6) is 5.75 Å². The summed E-state index contributed by atoms with van der Waals surface area (Å²) in [5, 5.41) is 3.15. The van der Waals surface area contributed by atoms with Crippen molar-refractivity contribution in [3.05, 3.63) is 102 Å². The number of nitrogens with zero attached hydrogens (tertiary/aromatic N) is 2. The molecule has 5 nitrogen and oxygen atoms in total. The van der Waals surface area contributed by atoms with Crippen LogP contribution in [-0.4, -0.2) is 22.0 Å². The first kappa shape index (κ1) is 23.2. The standard InChI is InChI=1S/C32H31N3O2/c1-3-22-15-17-24(18-16-22)29-27-14-7-8-19-34-28(23-10-5-4-6-11-23)21-35(32(27)34)30(29)31(36)33-25-12-9-13-26(20-25)37-2/h4-6,9-13,15-18,20-21H,3,7-8,14,19H2,1-2H3,(H,33,36). The van der Waals surface area contributed by atoms with Crippen LogP contribution in [0.25, 0.3) is 28.0 Å². The van der Waals surface area contributed by atoms with E-state index in [1.807, 2.05) is 30.3 Å². The SMILES string of the molecule is CCc1ccc(-c2c3c4n(c(-c5ccccc5)cn4c2C(=O)Nc2cccc(OC)c2)CCCC3)cc1. The zero-order valence-corrected chi connectivity index (χ0v) is 21.3. The Hall–Kier alpha value is -4.25. The average molecular weight is 490 g/mol. The van der Waals surface area contributed by atoms with E-state index in [0.29, 0.717) is 17.1 Å². The van der Waals surface area contributed by atoms with E-state index in [4.69, 9.17) is 4.74 Å². The fraction of sp³-hybridized carbons (Fsp3) is 0.219. The number of hydrogen-bond acceptors (Lipinski definition) is 2. The van der Waals surface area contributed by atoms with E-state index in [-0.39, 0.29) is 5.91 Å². The molecule has 0 atom stereocenters. The second-order valence-electron chi connectivity index (χ2n) is 9.62. The maximum atomic E-state index is 14.1. The smallest absolute Gasteiger partial charge is 0.273 e. The molecule has 1 aliphatic heterocycles. The molecule has 1 aliphatic rings. The first-order valence-corrected chi connectivity index (χ1v) is 13.0. The maximum Gasteiger partial charge on any atom is 0.273 e. The Morgan fingerprint density at radius 1 is 0.946 bits per heavy atom. The normalized spacial score (nSPS) is 12.9. The molecule has 0 saturated heterocycles. The molecule has 186 valence electrons. The highest BCUT2D eigenvalue weighted by molar-refractivity contribution is 6.10. The molecule has 0 spiro atoms. The van der Waals surface area contributed by atoms with E-state index in [1.54, 1.807) is 7.11 Å². The second kappa shape index (κ2) is 9.66. The van der Waals surface area contributed by atoms with Gasteiger partial charge in [0.25, 0.3) is 5.91 Å². The predicted octanol–water partition coefficient (Wildman–Crippen LogP) is 7.23. The lowest BCUT2D eigenvalue weighted by Gasteiger charge is -2.11. The molecule has 0 bridgehead atoms. The fourth-order valence-corrected chi connectivity index (χ4v) is 5.56. The largest absolute Gasteiger partial charge is 0.497 e. The number of nitrogens with one attached hydrogen (secondary N) is 1. The molecule has 0 unspecified atom stereocenters. The Bertz CT molecular complexity index is 1580. The van der Waals surface area contributed by atoms with Crippen molar-refractivity contribution in [2.75, 3.05) is 12.4 Å². The van der Waals surface area contributed by atoms with Gasteiger partial charge in [-0.05, 0) is 54.5 Å². The highest BCUT2D eigenvalue weighted by Gasteiger charge is 2.29. The third-order valence-corrected chi connectivity index (χ3v) is 7.40. The number of aryl methyl sites for hydroxylation is 3. The van der Waals surface area contributed by atoms with Crippen LogP contribution in [0.1, 0.15) is 41.4 Å². The summed E-state index contributed by atoms with van der Waals surface area (Å²) in [5.74, 6) is 0.586. The van der Waals surface area contributed by atoms with Gasteiger partial charge in [0, 0.05) is 35.6 Å². The summed E-state index contributed by atoms with van der Waals surface area (Å²) in [7, 11) is 1.63. The predicted molar refractivity (Wildman–Crippen MR) is 150 cm³/mol. The number of carbonyl (C=O) groups excluding carboxylic acids is 1. The van der Waals surface area contributed by atoms with Gasteiger partial charge < -0.3 is 14.6 Å². The quantitative estimate of drug-likeness (QED) is 0.273. The number of benzene rings is 3. The summed E-state index contributed by atoms with van der Waals surface area (Å²) >= 11 is 0. The van der Waals surface area contributed by atoms with Gasteiger partial charge in [0.15, 0.2) is 0 Å². The molecule has 3 heterocycles. The summed E-state index contributed by atoms with van der Waals surface area (Å²) in [6.07, 6.45) is 6.27. The molecule has 1 amide bonds. The van der Waals surface area contributed by atoms with Gasteiger partial charge in [-0.25, -0.2) is 0 Å². The number of rotatable bonds is 6. The van der Waals surface area contributed by atoms with Crippen LogP contribution >= 0.6 is 0 Å². The highest BCUT2D eigenvalue weighted by atomic mass is 16.5. The maximum absolute atomic E-state index is 14.1. The summed E-state index contributed by atoms with van der Waals surface area (Å²) in [4.78, 5) is 14.1. The molecule has 0 fully saturated rings. The number of anilines is 1. The Kier molecular flexibility index (Phi) is 6.05. The zero-order valence-electron chi connectivity index (χ0n) is 21.3. The first-order chi connectivity index (χ1) is 18.2. The summed E-state index contributed by atoms with van der Waals surface area (Å²) in [6.45, 7) is 3.10. The van der Waals surface area contributed by atoms with Gasteiger partial charge >= 0.3 is 0 Å². The minimum atomic E-state index is -0.124. The highest BCUT2D eigenvalue weighted by Crippen LogP contribution is 2.40. The number of hydrogen-bond donors (Lipinski definition) is 1. The van der Waals surface area contributed by atoms with Crippen LogP contribution in [0.4, 0.5) is 5.69 Å². The lowest BCUT2D eigenvalue weighted by Crippen LogP contribution is -2.15. The average Bonchev–Trinajstić information content (AvgIpc) is 3.36. The molecule has 5 aromatic rings. The lowest BCUT2D eigenvalue weighted by molar-refractivity contribution is 0.102. The van der Waals surface area contributed by atoms with Crippen LogP contribution in [0.2, 0.25) is 0 Å². The Morgan fingerprint density at radius 2 is 1.76 bits per heavy atom. The molecule has 37 heavy (non-hydrogen) atoms. The molecule has 1 N–H and O–H groups in total. The van der Waals surface area contributed by atoms with Crippen molar-refractivity contribution in [3.63, 3.8) is 0 Å². The number of aromatic nitrogens is 2. The second-order valence-corrected chi connectivity index (χ2v) is 9.62. The van der Waals surface area contributed by atoms with Crippen molar-refractivity contribution in [2.45, 2.75) is 39.2 Å². The Morgan fingerprint density at radius 3 is 2.51 bits per heavy atom. The van der Waals surface area contributed by atoms with Gasteiger partial charge in [-0.2, -0.15) is 0 Å². The van der Waals surface area contributed by atoms with E-state index in [2.05, 4.69) is 75.9 Å². The minimum absolute atomic E-state index is 0.124. The monoisotopic (exact) mass is 489 g/mol. The molecule has 0 aliphatic carbocycles. The topological polar surface area (TPSA) is 47.7 Å². The summed E-state index contributed by atoms with van der Waals surface area (Å²) < 4.78 is 9.91. The summed E-state index contributed by atoms with van der Waals surface area (Å²) in [5.41, 5.74) is 9.47. The lowest BCUT2D eigenvalue weighted by atomic mass is 9.96. The molecular formula is C32H31N3O2. The van der Waals surface area contributed by atoms with Gasteiger partial charge in [0.1, 0.15) is 17.1 Å². The van der Waals surface area contributed by atoms with Crippen LogP contribution in [-0.2, 0) is 19.4 Å². The van der Waals surface area contributed by atoms with Crippen LogP contribution in [0.3, 0.4) is 0 Å². The molecule has 5 heteroatoms. The van der Waals surface area contributed by atoms with Gasteiger partial charge in [0.05, 0.1) is 12.8 Å². The third kappa shape index (κ3) is 4.10. The minimum Gasteiger partial charge on any atom is -0.497 e. The van der Waals surface area contributed by atoms with Gasteiger partial charge in [0.2, 0.25) is 0 Å². The van der Waals surface area contributed by atoms with Crippen molar-refractivity contribution in [1.82, 2.24) is 8.97 Å². The first-order valence-electron chi connectivity index (χ1n) is 13.0. The van der Waals surface area contributed by atoms with Gasteiger partial charge in [-0.15, -0.1) is 0 Å². The summed E-state index contributed by atoms with van der Waals surface area (Å²) in [6, 6.07) is 26.7. The molecule has 3 aromatic carbocycles. The van der Waals surface area contributed by atoms with Gasteiger partial charge in [-0.1, -0.05) is 67.6 Å². The number of amides is 1. The van der Waals surface area contributed by atoms with Crippen molar-refractivity contribution in [3.8, 4) is 28.1 Å². The number of carbonyl (C=O) groups is 1. The molecular weight excluding hydrogens is 458 g/mol. The van der Waals surface area contributed by atoms with Crippen LogP contribution in [0.15, 0.2) is 85.1 Å². The van der Waals surface area contributed by atoms with Crippen LogP contribution in [0, 0.1) is 0 Å². The van der Waals surface area contributed by atoms with E-state index in [0.717, 1.165) is 60.3 Å². The number of ether oxygens (including phenoxy) is 1. The van der Waals surface area contributed by atoms with Gasteiger partial charge in [-0.3, -0.25) is 9.20 Å². The Balaban J connectivity index is 1.58. The van der Waals surface area contributed by atoms with Crippen molar-refractivity contribution in [2.24, 2.45) is 0 Å². The van der Waals surface area contributed by atoms with Crippen molar-refractivity contribution < 1.29 is 9.53 Å². The van der Waals surface area contributed by atoms with Crippen LogP contribution < -0.4 is 10.1 Å².